The Balaban J connectivity index is 1.76. The van der Waals surface area contributed by atoms with E-state index in [9.17, 15) is 4.79 Å². The van der Waals surface area contributed by atoms with E-state index in [1.807, 2.05) is 0 Å². The van der Waals surface area contributed by atoms with Gasteiger partial charge in [0.2, 0.25) is 0 Å². The third-order valence-electron chi connectivity index (χ3n) is 4.44. The van der Waals surface area contributed by atoms with Gasteiger partial charge in [-0.2, -0.15) is 0 Å². The molecule has 0 aliphatic heterocycles. The van der Waals surface area contributed by atoms with Gasteiger partial charge in [0, 0.05) is 24.5 Å². The molecule has 0 saturated heterocycles. The second-order valence-corrected chi connectivity index (χ2v) is 6.09. The van der Waals surface area contributed by atoms with Gasteiger partial charge >= 0.3 is 6.03 Å². The van der Waals surface area contributed by atoms with Crippen molar-refractivity contribution < 1.29 is 14.3 Å². The fourth-order valence-electron chi connectivity index (χ4n) is 2.92. The summed E-state index contributed by atoms with van der Waals surface area (Å²) in [7, 11) is 1.55. The van der Waals surface area contributed by atoms with Gasteiger partial charge in [-0.15, -0.1) is 0 Å². The molecule has 1 saturated carbocycles. The molecular weight excluding hydrogens is 308 g/mol. The zero-order valence-electron chi connectivity index (χ0n) is 14.7. The second-order valence-electron chi connectivity index (χ2n) is 6.09. The van der Waals surface area contributed by atoms with E-state index in [1.54, 1.807) is 19.5 Å². The maximum Gasteiger partial charge on any atom is 0.315 e. The van der Waals surface area contributed by atoms with Gasteiger partial charge in [-0.1, -0.05) is 13.8 Å². The van der Waals surface area contributed by atoms with Crippen LogP contribution in [0.5, 0.6) is 11.8 Å². The molecule has 0 spiro atoms. The lowest BCUT2D eigenvalue weighted by atomic mass is 9.93. The van der Waals surface area contributed by atoms with E-state index in [-0.39, 0.29) is 24.2 Å². The van der Waals surface area contributed by atoms with E-state index in [0.717, 1.165) is 38.5 Å². The smallest absolute Gasteiger partial charge is 0.315 e. The van der Waals surface area contributed by atoms with Crippen molar-refractivity contribution in [3.05, 3.63) is 12.4 Å². The SMILES string of the molecule is CCC(CC)NC(=O)NC1CCC(Oc2nccnc2OC)CC1. The highest BCUT2D eigenvalue weighted by Gasteiger charge is 2.25. The van der Waals surface area contributed by atoms with Crippen molar-refractivity contribution in [2.45, 2.75) is 70.6 Å². The number of methoxy groups -OCH3 is 1. The molecule has 0 aromatic carbocycles. The Morgan fingerprint density at radius 2 is 1.79 bits per heavy atom. The van der Waals surface area contributed by atoms with Crippen LogP contribution in [0.3, 0.4) is 0 Å². The van der Waals surface area contributed by atoms with E-state index in [2.05, 4.69) is 34.4 Å². The predicted molar refractivity (Wildman–Crippen MR) is 91.3 cm³/mol. The number of nitrogens with one attached hydrogen (secondary N) is 2. The zero-order valence-corrected chi connectivity index (χ0v) is 14.7. The minimum Gasteiger partial charge on any atom is -0.477 e. The van der Waals surface area contributed by atoms with Crippen LogP contribution in [0, 0.1) is 0 Å². The topological polar surface area (TPSA) is 85.4 Å². The van der Waals surface area contributed by atoms with Crippen molar-refractivity contribution in [2.75, 3.05) is 7.11 Å². The van der Waals surface area contributed by atoms with E-state index in [4.69, 9.17) is 9.47 Å². The van der Waals surface area contributed by atoms with Gasteiger partial charge in [0.25, 0.3) is 11.8 Å². The van der Waals surface area contributed by atoms with Crippen LogP contribution in [-0.4, -0.2) is 41.3 Å². The van der Waals surface area contributed by atoms with Crippen LogP contribution in [0.25, 0.3) is 0 Å². The lowest BCUT2D eigenvalue weighted by molar-refractivity contribution is 0.128. The van der Waals surface area contributed by atoms with Crippen LogP contribution >= 0.6 is 0 Å². The molecule has 7 nitrogen and oxygen atoms in total. The first-order chi connectivity index (χ1) is 11.7. The number of carbonyl (C=O) groups excluding carboxylic acids is 1. The van der Waals surface area contributed by atoms with Gasteiger partial charge in [-0.05, 0) is 38.5 Å². The summed E-state index contributed by atoms with van der Waals surface area (Å²) in [5.41, 5.74) is 0. The minimum atomic E-state index is -0.0661. The molecule has 2 amide bonds. The molecule has 1 fully saturated rings. The largest absolute Gasteiger partial charge is 0.477 e. The Kier molecular flexibility index (Phi) is 7.08. The summed E-state index contributed by atoms with van der Waals surface area (Å²) in [5, 5.41) is 6.08. The van der Waals surface area contributed by atoms with Crippen molar-refractivity contribution in [1.82, 2.24) is 20.6 Å². The Bertz CT molecular complexity index is 514. The van der Waals surface area contributed by atoms with Gasteiger partial charge in [0.05, 0.1) is 7.11 Å². The number of amides is 2. The number of ether oxygens (including phenoxy) is 2. The molecule has 134 valence electrons. The predicted octanol–water partition coefficient (Wildman–Crippen LogP) is 2.66. The number of hydrogen-bond donors (Lipinski definition) is 2. The Morgan fingerprint density at radius 1 is 1.17 bits per heavy atom. The number of carbonyl (C=O) groups is 1. The summed E-state index contributed by atoms with van der Waals surface area (Å²) < 4.78 is 11.1. The van der Waals surface area contributed by atoms with E-state index < -0.39 is 0 Å². The average Bonchev–Trinajstić information content (AvgIpc) is 2.61. The quantitative estimate of drug-likeness (QED) is 0.799. The maximum atomic E-state index is 12.0. The fraction of sp³-hybridized carbons (Fsp3) is 0.706. The van der Waals surface area contributed by atoms with Crippen LogP contribution in [0.2, 0.25) is 0 Å². The molecule has 24 heavy (non-hydrogen) atoms. The summed E-state index contributed by atoms with van der Waals surface area (Å²) in [6, 6.07) is 0.375. The highest BCUT2D eigenvalue weighted by molar-refractivity contribution is 5.74. The molecule has 1 aliphatic rings. The number of hydrogen-bond acceptors (Lipinski definition) is 5. The number of urea groups is 1. The van der Waals surface area contributed by atoms with E-state index in [0.29, 0.717) is 11.8 Å². The van der Waals surface area contributed by atoms with Crippen LogP contribution in [0.15, 0.2) is 12.4 Å². The molecule has 7 heteroatoms. The molecule has 0 atom stereocenters. The van der Waals surface area contributed by atoms with Crippen LogP contribution in [0.4, 0.5) is 4.79 Å². The fourth-order valence-corrected chi connectivity index (χ4v) is 2.92. The first-order valence-corrected chi connectivity index (χ1v) is 8.74. The number of aromatic nitrogens is 2. The summed E-state index contributed by atoms with van der Waals surface area (Å²) in [5.74, 6) is 0.838. The molecule has 1 aromatic rings. The summed E-state index contributed by atoms with van der Waals surface area (Å²) in [6.07, 6.45) is 8.67. The highest BCUT2D eigenvalue weighted by Crippen LogP contribution is 2.27. The third kappa shape index (κ3) is 5.25. The molecular formula is C17H28N4O3. The molecule has 1 heterocycles. The Labute approximate surface area is 143 Å². The van der Waals surface area contributed by atoms with Gasteiger partial charge in [0.15, 0.2) is 0 Å². The van der Waals surface area contributed by atoms with E-state index >= 15 is 0 Å². The normalized spacial score (nSPS) is 20.5. The van der Waals surface area contributed by atoms with Crippen LogP contribution in [0.1, 0.15) is 52.4 Å². The van der Waals surface area contributed by atoms with Crippen molar-refractivity contribution in [1.29, 1.82) is 0 Å². The highest BCUT2D eigenvalue weighted by atomic mass is 16.5. The average molecular weight is 336 g/mol. The van der Waals surface area contributed by atoms with Gasteiger partial charge in [-0.25, -0.2) is 14.8 Å². The first-order valence-electron chi connectivity index (χ1n) is 8.74. The van der Waals surface area contributed by atoms with Gasteiger partial charge in [0.1, 0.15) is 6.10 Å². The monoisotopic (exact) mass is 336 g/mol. The molecule has 2 N–H and O–H groups in total. The van der Waals surface area contributed by atoms with Crippen molar-refractivity contribution in [3.63, 3.8) is 0 Å². The maximum absolute atomic E-state index is 12.0. The summed E-state index contributed by atoms with van der Waals surface area (Å²) >= 11 is 0. The van der Waals surface area contributed by atoms with Gasteiger partial charge < -0.3 is 20.1 Å². The summed E-state index contributed by atoms with van der Waals surface area (Å²) in [4.78, 5) is 20.3. The molecule has 0 unspecified atom stereocenters. The van der Waals surface area contributed by atoms with Crippen LogP contribution in [-0.2, 0) is 0 Å². The van der Waals surface area contributed by atoms with E-state index in [1.165, 1.54) is 0 Å². The third-order valence-corrected chi connectivity index (χ3v) is 4.44. The van der Waals surface area contributed by atoms with Crippen molar-refractivity contribution in [3.8, 4) is 11.8 Å². The lowest BCUT2D eigenvalue weighted by Gasteiger charge is -2.29. The Hall–Kier alpha value is -2.05. The Morgan fingerprint density at radius 3 is 2.38 bits per heavy atom. The van der Waals surface area contributed by atoms with Gasteiger partial charge in [-0.3, -0.25) is 0 Å². The molecule has 1 aliphatic carbocycles. The zero-order chi connectivity index (χ0) is 17.4. The lowest BCUT2D eigenvalue weighted by Crippen LogP contribution is -2.47. The minimum absolute atomic E-state index is 0.0661. The van der Waals surface area contributed by atoms with Crippen molar-refractivity contribution in [2.24, 2.45) is 0 Å². The summed E-state index contributed by atoms with van der Waals surface area (Å²) in [6.45, 7) is 4.16. The van der Waals surface area contributed by atoms with Crippen molar-refractivity contribution >= 4 is 6.03 Å². The standard InChI is InChI=1S/C17H28N4O3/c1-4-12(5-2)20-17(22)21-13-6-8-14(9-7-13)24-16-15(23-3)18-10-11-19-16/h10-14H,4-9H2,1-3H3,(H2,20,21,22). The number of nitrogens with zero attached hydrogens (tertiary/aromatic N) is 2. The van der Waals surface area contributed by atoms with Crippen LogP contribution < -0.4 is 20.1 Å². The molecule has 0 bridgehead atoms. The molecule has 1 aromatic heterocycles. The first kappa shape index (κ1) is 18.3. The molecule has 0 radical (unpaired) electrons. The number of rotatable bonds is 7. The second kappa shape index (κ2) is 9.30. The molecule has 2 rings (SSSR count).